The van der Waals surface area contributed by atoms with E-state index in [0.717, 1.165) is 27.8 Å². The Hall–Kier alpha value is -3.82. The second kappa shape index (κ2) is 8.97. The fraction of sp³-hybridized carbons (Fsp3) is 0.0690. The number of ketones is 1. The van der Waals surface area contributed by atoms with Gasteiger partial charge >= 0.3 is 0 Å². The summed E-state index contributed by atoms with van der Waals surface area (Å²) in [4.78, 5) is 12.9. The largest absolute Gasteiger partial charge is 0.488 e. The monoisotopic (exact) mass is 452 g/mol. The highest BCUT2D eigenvalue weighted by Gasteiger charge is 2.30. The molecule has 0 atom stereocenters. The van der Waals surface area contributed by atoms with Crippen molar-refractivity contribution in [3.8, 4) is 22.6 Å². The minimum Gasteiger partial charge on any atom is -0.488 e. The zero-order chi connectivity index (χ0) is 22.8. The van der Waals surface area contributed by atoms with E-state index in [-0.39, 0.29) is 5.78 Å². The van der Waals surface area contributed by atoms with Crippen molar-refractivity contribution in [3.63, 3.8) is 0 Å². The molecule has 0 radical (unpaired) electrons. The Morgan fingerprint density at radius 1 is 0.879 bits per heavy atom. The molecule has 1 aliphatic heterocycles. The number of allylic oxidation sites excluding steroid dienone is 1. The molecule has 4 aromatic carbocycles. The highest BCUT2D eigenvalue weighted by molar-refractivity contribution is 6.30. The lowest BCUT2D eigenvalue weighted by molar-refractivity contribution is 0.101. The maximum atomic E-state index is 12.9. The molecule has 1 aliphatic rings. The molecular weight excluding hydrogens is 432 g/mol. The molecule has 0 unspecified atom stereocenters. The second-order valence-corrected chi connectivity index (χ2v) is 8.35. The van der Waals surface area contributed by atoms with Crippen LogP contribution in [0.3, 0.4) is 0 Å². The van der Waals surface area contributed by atoms with Crippen LogP contribution in [0.15, 0.2) is 96.8 Å². The lowest BCUT2D eigenvalue weighted by Crippen LogP contribution is -1.98. The number of hydrogen-bond donors (Lipinski definition) is 0. The van der Waals surface area contributed by atoms with E-state index in [1.165, 1.54) is 0 Å². The van der Waals surface area contributed by atoms with Crippen LogP contribution in [0, 0.1) is 6.92 Å². The molecule has 0 N–H and O–H groups in total. The van der Waals surface area contributed by atoms with Gasteiger partial charge in [0, 0.05) is 10.6 Å². The first kappa shape index (κ1) is 21.0. The third kappa shape index (κ3) is 4.41. The minimum absolute atomic E-state index is 0.123. The molecule has 0 saturated carbocycles. The van der Waals surface area contributed by atoms with Crippen LogP contribution in [0.1, 0.15) is 27.0 Å². The summed E-state index contributed by atoms with van der Waals surface area (Å²) in [5.41, 5.74) is 5.50. The number of Topliss-reactive ketones (excluding diaryl/α,β-unsaturated/α-hetero) is 1. The molecule has 5 rings (SSSR count). The molecule has 4 aromatic rings. The van der Waals surface area contributed by atoms with Gasteiger partial charge in [0.1, 0.15) is 18.1 Å². The summed E-state index contributed by atoms with van der Waals surface area (Å²) in [6.45, 7) is 2.28. The SMILES string of the molecule is Cc1c(OCc2cccc(Cl)c2)ccc2c1O/C(=C\c1ccc(-c3ccccc3)cc1)C2=O. The fourth-order valence-corrected chi connectivity index (χ4v) is 4.08. The van der Waals surface area contributed by atoms with Gasteiger partial charge in [0.25, 0.3) is 0 Å². The maximum absolute atomic E-state index is 12.9. The summed E-state index contributed by atoms with van der Waals surface area (Å²) in [5, 5.41) is 0.669. The van der Waals surface area contributed by atoms with Crippen molar-refractivity contribution in [3.05, 3.63) is 124 Å². The molecule has 33 heavy (non-hydrogen) atoms. The normalized spacial score (nSPS) is 13.6. The molecule has 162 valence electrons. The molecule has 3 nitrogen and oxygen atoms in total. The average molecular weight is 453 g/mol. The quantitative estimate of drug-likeness (QED) is 0.294. The Balaban J connectivity index is 1.35. The Morgan fingerprint density at radius 3 is 2.39 bits per heavy atom. The van der Waals surface area contributed by atoms with Gasteiger partial charge in [0.05, 0.1) is 5.56 Å². The summed E-state index contributed by atoms with van der Waals surface area (Å²) < 4.78 is 12.0. The van der Waals surface area contributed by atoms with Crippen LogP contribution in [0.4, 0.5) is 0 Å². The van der Waals surface area contributed by atoms with E-state index in [1.807, 2.05) is 79.7 Å². The lowest BCUT2D eigenvalue weighted by atomic mass is 10.0. The molecule has 4 heteroatoms. The molecule has 0 spiro atoms. The van der Waals surface area contributed by atoms with Gasteiger partial charge < -0.3 is 9.47 Å². The predicted octanol–water partition coefficient (Wildman–Crippen LogP) is 7.51. The predicted molar refractivity (Wildman–Crippen MR) is 132 cm³/mol. The number of ether oxygens (including phenoxy) is 2. The zero-order valence-corrected chi connectivity index (χ0v) is 18.8. The smallest absolute Gasteiger partial charge is 0.231 e. The van der Waals surface area contributed by atoms with Crippen molar-refractivity contribution in [2.45, 2.75) is 13.5 Å². The lowest BCUT2D eigenvalue weighted by Gasteiger charge is -2.11. The van der Waals surface area contributed by atoms with E-state index in [4.69, 9.17) is 21.1 Å². The number of halogens is 1. The van der Waals surface area contributed by atoms with Crippen molar-refractivity contribution in [1.82, 2.24) is 0 Å². The number of fused-ring (bicyclic) bond motifs is 1. The summed E-state index contributed by atoms with van der Waals surface area (Å²) in [6.07, 6.45) is 1.78. The van der Waals surface area contributed by atoms with Gasteiger partial charge in [-0.1, -0.05) is 78.3 Å². The summed E-state index contributed by atoms with van der Waals surface area (Å²) in [6, 6.07) is 29.4. The average Bonchev–Trinajstić information content (AvgIpc) is 3.16. The minimum atomic E-state index is -0.123. The fourth-order valence-electron chi connectivity index (χ4n) is 3.87. The second-order valence-electron chi connectivity index (χ2n) is 7.91. The third-order valence-corrected chi connectivity index (χ3v) is 5.87. The van der Waals surface area contributed by atoms with Crippen molar-refractivity contribution in [2.75, 3.05) is 0 Å². The third-order valence-electron chi connectivity index (χ3n) is 5.64. The Bertz CT molecular complexity index is 1360. The van der Waals surface area contributed by atoms with Crippen molar-refractivity contribution in [2.24, 2.45) is 0 Å². The molecule has 0 fully saturated rings. The number of hydrogen-bond acceptors (Lipinski definition) is 3. The molecular formula is C29H21ClO3. The van der Waals surface area contributed by atoms with E-state index < -0.39 is 0 Å². The molecule has 0 aromatic heterocycles. The summed E-state index contributed by atoms with van der Waals surface area (Å²) in [5.74, 6) is 1.42. The molecule has 0 saturated heterocycles. The van der Waals surface area contributed by atoms with E-state index in [2.05, 4.69) is 12.1 Å². The van der Waals surface area contributed by atoms with Crippen LogP contribution in [-0.4, -0.2) is 5.78 Å². The number of carbonyl (C=O) groups excluding carboxylic acids is 1. The zero-order valence-electron chi connectivity index (χ0n) is 18.0. The van der Waals surface area contributed by atoms with Crippen molar-refractivity contribution >= 4 is 23.5 Å². The van der Waals surface area contributed by atoms with Gasteiger partial charge in [-0.05, 0) is 59.5 Å². The van der Waals surface area contributed by atoms with Gasteiger partial charge in [0.15, 0.2) is 5.76 Å². The van der Waals surface area contributed by atoms with Crippen LogP contribution < -0.4 is 9.47 Å². The van der Waals surface area contributed by atoms with Gasteiger partial charge in [-0.15, -0.1) is 0 Å². The van der Waals surface area contributed by atoms with E-state index >= 15 is 0 Å². The van der Waals surface area contributed by atoms with E-state index in [0.29, 0.717) is 34.5 Å². The summed E-state index contributed by atoms with van der Waals surface area (Å²) >= 11 is 6.05. The van der Waals surface area contributed by atoms with Crippen LogP contribution in [0.25, 0.3) is 17.2 Å². The van der Waals surface area contributed by atoms with Crippen LogP contribution in [0.2, 0.25) is 5.02 Å². The Morgan fingerprint density at radius 2 is 1.64 bits per heavy atom. The van der Waals surface area contributed by atoms with Gasteiger partial charge in [-0.25, -0.2) is 0 Å². The number of rotatable bonds is 5. The van der Waals surface area contributed by atoms with Crippen LogP contribution in [-0.2, 0) is 6.61 Å². The molecule has 0 bridgehead atoms. The highest BCUT2D eigenvalue weighted by atomic mass is 35.5. The number of benzene rings is 4. The molecule has 0 amide bonds. The molecule has 1 heterocycles. The highest BCUT2D eigenvalue weighted by Crippen LogP contribution is 2.39. The number of carbonyl (C=O) groups is 1. The van der Waals surface area contributed by atoms with Crippen molar-refractivity contribution < 1.29 is 14.3 Å². The van der Waals surface area contributed by atoms with Gasteiger partial charge in [-0.3, -0.25) is 4.79 Å². The van der Waals surface area contributed by atoms with Gasteiger partial charge in [-0.2, -0.15) is 0 Å². The Labute approximate surface area is 197 Å². The standard InChI is InChI=1S/C29H21ClO3/c1-19-26(32-18-21-6-5-9-24(30)16-21)15-14-25-28(31)27(33-29(19)25)17-20-10-12-23(13-11-20)22-7-3-2-4-8-22/h2-17H,18H2,1H3/b27-17-. The van der Waals surface area contributed by atoms with Crippen LogP contribution in [0.5, 0.6) is 11.5 Å². The maximum Gasteiger partial charge on any atom is 0.231 e. The van der Waals surface area contributed by atoms with E-state index in [1.54, 1.807) is 12.1 Å². The molecule has 0 aliphatic carbocycles. The Kier molecular flexibility index (Phi) is 5.72. The summed E-state index contributed by atoms with van der Waals surface area (Å²) in [7, 11) is 0. The van der Waals surface area contributed by atoms with Gasteiger partial charge in [0.2, 0.25) is 5.78 Å². The van der Waals surface area contributed by atoms with E-state index in [9.17, 15) is 4.79 Å². The topological polar surface area (TPSA) is 35.5 Å². The first-order chi connectivity index (χ1) is 16.1. The first-order valence-electron chi connectivity index (χ1n) is 10.7. The van der Waals surface area contributed by atoms with Crippen molar-refractivity contribution in [1.29, 1.82) is 0 Å². The van der Waals surface area contributed by atoms with Crippen LogP contribution >= 0.6 is 11.6 Å². The first-order valence-corrected chi connectivity index (χ1v) is 11.1.